The normalized spacial score (nSPS) is 25.6. The molecule has 3 aliphatic heterocycles. The molecular weight excluding hydrogens is 1390 g/mol. The van der Waals surface area contributed by atoms with E-state index in [0.717, 1.165) is 89.9 Å². The van der Waals surface area contributed by atoms with Gasteiger partial charge in [0.2, 0.25) is 5.91 Å². The molecule has 0 spiro atoms. The van der Waals surface area contributed by atoms with Crippen LogP contribution in [0, 0.1) is 0 Å². The van der Waals surface area contributed by atoms with Crippen molar-refractivity contribution in [1.82, 2.24) is 5.32 Å². The van der Waals surface area contributed by atoms with E-state index in [-0.39, 0.29) is 18.9 Å². The standard InChI is InChI=1S/C91H161NO18/c1-3-5-7-9-11-13-15-17-19-21-23-25-27-29-30-31-32-33-34-35-36-37-38-39-40-41-42-43-44-45-47-49-51-53-55-57-59-61-63-65-67-69-79(97)92-74(75(96)68-66-64-62-60-58-56-54-52-50-48-46-28-26-24-22-20-18-16-14-12-10-8-6-4-2)73-105-89-85(103)82(100)87(77(71-94)107-89)110-91-86(104)83(101)88(78(72-95)108-91)109-90-84(102)81(99)80(98)76(70-93)106-90/h5,7,11,13,17,19,23,25,29-30,32-33,35-36,66,68,74-78,80-91,93-96,98-104H,3-4,6,8-10,12,14-16,18,20-22,24,26-28,31,34,37-65,67,69-73H2,1-2H3,(H,92,97)/b7-5-,13-11-,19-17-,25-23-,30-29-,33-32-,36-35-,68-66+. The molecule has 0 saturated carbocycles. The molecule has 19 nitrogen and oxygen atoms in total. The van der Waals surface area contributed by atoms with Gasteiger partial charge in [0.15, 0.2) is 18.9 Å². The predicted octanol–water partition coefficient (Wildman–Crippen LogP) is 16.7. The van der Waals surface area contributed by atoms with Crippen LogP contribution in [-0.4, -0.2) is 193 Å². The first-order valence-corrected chi connectivity index (χ1v) is 44.5. The highest BCUT2D eigenvalue weighted by atomic mass is 16.8. The molecule has 0 aromatic heterocycles. The number of ether oxygens (including phenoxy) is 6. The van der Waals surface area contributed by atoms with Crippen LogP contribution in [-0.2, 0) is 33.2 Å². The summed E-state index contributed by atoms with van der Waals surface area (Å²) in [6.45, 7) is 1.66. The molecule has 0 aliphatic carbocycles. The van der Waals surface area contributed by atoms with E-state index in [4.69, 9.17) is 28.4 Å². The van der Waals surface area contributed by atoms with Crippen LogP contribution in [0.15, 0.2) is 97.2 Å². The third-order valence-corrected chi connectivity index (χ3v) is 21.6. The van der Waals surface area contributed by atoms with Crippen LogP contribution >= 0.6 is 0 Å². The number of carbonyl (C=O) groups is 1. The van der Waals surface area contributed by atoms with E-state index < -0.39 is 124 Å². The number of amides is 1. The molecule has 0 aromatic carbocycles. The van der Waals surface area contributed by atoms with Gasteiger partial charge in [-0.3, -0.25) is 4.79 Å². The summed E-state index contributed by atoms with van der Waals surface area (Å²) in [6.07, 6.45) is 69.8. The van der Waals surface area contributed by atoms with Crippen LogP contribution in [0.1, 0.15) is 341 Å². The summed E-state index contributed by atoms with van der Waals surface area (Å²) >= 11 is 0. The van der Waals surface area contributed by atoms with Crippen LogP contribution in [0.5, 0.6) is 0 Å². The highest BCUT2D eigenvalue weighted by Crippen LogP contribution is 2.33. The highest BCUT2D eigenvalue weighted by Gasteiger charge is 2.54. The molecule has 17 atom stereocenters. The first-order chi connectivity index (χ1) is 53.8. The van der Waals surface area contributed by atoms with Gasteiger partial charge in [-0.25, -0.2) is 0 Å². The van der Waals surface area contributed by atoms with Crippen molar-refractivity contribution in [2.75, 3.05) is 26.4 Å². The Labute approximate surface area is 666 Å². The summed E-state index contributed by atoms with van der Waals surface area (Å²) in [5, 5.41) is 121. The van der Waals surface area contributed by atoms with Crippen molar-refractivity contribution in [1.29, 1.82) is 0 Å². The number of carbonyl (C=O) groups excluding carboxylic acids is 1. The van der Waals surface area contributed by atoms with Crippen molar-refractivity contribution < 1.29 is 89.4 Å². The van der Waals surface area contributed by atoms with Crippen LogP contribution < -0.4 is 5.32 Å². The van der Waals surface area contributed by atoms with Crippen LogP contribution in [0.25, 0.3) is 0 Å². The molecule has 3 heterocycles. The highest BCUT2D eigenvalue weighted by molar-refractivity contribution is 5.76. The Hall–Kier alpha value is -3.29. The summed E-state index contributed by atoms with van der Waals surface area (Å²) < 4.78 is 34.5. The minimum absolute atomic E-state index is 0.243. The lowest BCUT2D eigenvalue weighted by Crippen LogP contribution is -2.66. The van der Waals surface area contributed by atoms with Crippen LogP contribution in [0.2, 0.25) is 0 Å². The largest absolute Gasteiger partial charge is 0.394 e. The minimum Gasteiger partial charge on any atom is -0.394 e. The van der Waals surface area contributed by atoms with Gasteiger partial charge >= 0.3 is 0 Å². The van der Waals surface area contributed by atoms with Gasteiger partial charge in [0.1, 0.15) is 73.2 Å². The number of rotatable bonds is 71. The van der Waals surface area contributed by atoms with Gasteiger partial charge in [-0.2, -0.15) is 0 Å². The van der Waals surface area contributed by atoms with Gasteiger partial charge in [0, 0.05) is 6.42 Å². The van der Waals surface area contributed by atoms with Crippen molar-refractivity contribution in [2.45, 2.75) is 446 Å². The van der Waals surface area contributed by atoms with Crippen molar-refractivity contribution in [3.05, 3.63) is 97.2 Å². The number of aliphatic hydroxyl groups excluding tert-OH is 11. The molecule has 17 unspecified atom stereocenters. The summed E-state index contributed by atoms with van der Waals surface area (Å²) in [5.74, 6) is -0.272. The molecule has 110 heavy (non-hydrogen) atoms. The van der Waals surface area contributed by atoms with Gasteiger partial charge < -0.3 is 89.9 Å². The number of nitrogens with one attached hydrogen (secondary N) is 1. The summed E-state index contributed by atoms with van der Waals surface area (Å²) in [6, 6.07) is -0.978. The lowest BCUT2D eigenvalue weighted by molar-refractivity contribution is -0.379. The minimum atomic E-state index is -1.98. The monoisotopic (exact) mass is 1560 g/mol. The number of allylic oxidation sites excluding steroid dienone is 15. The lowest BCUT2D eigenvalue weighted by Gasteiger charge is -2.48. The molecule has 3 rings (SSSR count). The fourth-order valence-electron chi connectivity index (χ4n) is 14.6. The Kier molecular flexibility index (Phi) is 64.2. The first-order valence-electron chi connectivity index (χ1n) is 44.5. The average molecular weight is 1560 g/mol. The zero-order valence-electron chi connectivity index (χ0n) is 68.7. The van der Waals surface area contributed by atoms with Gasteiger partial charge in [-0.1, -0.05) is 355 Å². The molecule has 0 radical (unpaired) electrons. The second-order valence-electron chi connectivity index (χ2n) is 31.3. The predicted molar refractivity (Wildman–Crippen MR) is 443 cm³/mol. The molecule has 3 saturated heterocycles. The number of aliphatic hydroxyl groups is 11. The third kappa shape index (κ3) is 48.3. The van der Waals surface area contributed by atoms with E-state index in [1.807, 2.05) is 6.08 Å². The quantitative estimate of drug-likeness (QED) is 0.0199. The topological polar surface area (TPSA) is 307 Å². The SMILES string of the molecule is CC/C=C\C/C=C\C/C=C\C/C=C\C/C=C\C/C=C\C/C=C\CCCCCCCCCCCCCCCCCCCCCC(=O)NC(COC1OC(CO)C(OC2OC(CO)C(OC3OC(CO)C(O)C(O)C3O)C(O)C2O)C(O)C1O)C(O)/C=C/CCCCCCCCCCCCCCCCCCCCCCCC. The number of unbranched alkanes of at least 4 members (excludes halogenated alkanes) is 41. The Balaban J connectivity index is 1.31. The molecule has 3 aliphatic rings. The smallest absolute Gasteiger partial charge is 0.220 e. The average Bonchev–Trinajstić information content (AvgIpc) is 0.782. The van der Waals surface area contributed by atoms with Gasteiger partial charge in [0.25, 0.3) is 0 Å². The van der Waals surface area contributed by atoms with E-state index >= 15 is 0 Å². The van der Waals surface area contributed by atoms with Crippen LogP contribution in [0.4, 0.5) is 0 Å². The van der Waals surface area contributed by atoms with Gasteiger partial charge in [0.05, 0.1) is 38.6 Å². The molecule has 19 heteroatoms. The summed E-state index contributed by atoms with van der Waals surface area (Å²) in [5.41, 5.74) is 0. The van der Waals surface area contributed by atoms with E-state index in [9.17, 15) is 61.0 Å². The Bertz CT molecular complexity index is 2360. The fraction of sp³-hybridized carbons (Fsp3) is 0.813. The Morgan fingerprint density at radius 3 is 0.982 bits per heavy atom. The zero-order chi connectivity index (χ0) is 79.5. The Morgan fingerprint density at radius 2 is 0.627 bits per heavy atom. The second-order valence-corrected chi connectivity index (χ2v) is 31.3. The maximum Gasteiger partial charge on any atom is 0.220 e. The zero-order valence-corrected chi connectivity index (χ0v) is 68.7. The molecule has 12 N–H and O–H groups in total. The van der Waals surface area contributed by atoms with Gasteiger partial charge in [-0.05, 0) is 77.0 Å². The molecule has 0 aromatic rings. The second kappa shape index (κ2) is 70.0. The molecule has 0 bridgehead atoms. The van der Waals surface area contributed by atoms with Gasteiger partial charge in [-0.15, -0.1) is 0 Å². The fourth-order valence-corrected chi connectivity index (χ4v) is 14.6. The van der Waals surface area contributed by atoms with E-state index in [1.54, 1.807) is 6.08 Å². The number of hydrogen-bond donors (Lipinski definition) is 12. The Morgan fingerprint density at radius 1 is 0.336 bits per heavy atom. The van der Waals surface area contributed by atoms with Crippen LogP contribution in [0.3, 0.4) is 0 Å². The van der Waals surface area contributed by atoms with E-state index in [2.05, 4.69) is 104 Å². The summed E-state index contributed by atoms with van der Waals surface area (Å²) in [4.78, 5) is 13.5. The molecule has 638 valence electrons. The molecule has 3 fully saturated rings. The van der Waals surface area contributed by atoms with E-state index in [0.29, 0.717) is 6.42 Å². The van der Waals surface area contributed by atoms with E-state index in [1.165, 1.54) is 225 Å². The first kappa shape index (κ1) is 101. The maximum absolute atomic E-state index is 13.5. The van der Waals surface area contributed by atoms with Crippen molar-refractivity contribution in [3.63, 3.8) is 0 Å². The maximum atomic E-state index is 13.5. The third-order valence-electron chi connectivity index (χ3n) is 21.6. The van der Waals surface area contributed by atoms with Crippen molar-refractivity contribution in [3.8, 4) is 0 Å². The van der Waals surface area contributed by atoms with Crippen molar-refractivity contribution >= 4 is 5.91 Å². The lowest BCUT2D eigenvalue weighted by atomic mass is 9.96. The molecular formula is C91H161NO18. The molecule has 1 amide bonds. The number of hydrogen-bond acceptors (Lipinski definition) is 18. The van der Waals surface area contributed by atoms with Crippen molar-refractivity contribution in [2.24, 2.45) is 0 Å². The summed E-state index contributed by atoms with van der Waals surface area (Å²) in [7, 11) is 0.